The molecule has 0 aliphatic heterocycles. The molecule has 2 N–H and O–H groups in total. The molecule has 0 fully saturated rings. The molecule has 0 aliphatic carbocycles. The van der Waals surface area contributed by atoms with Crippen molar-refractivity contribution in [2.75, 3.05) is 6.61 Å². The second kappa shape index (κ2) is 5.19. The van der Waals surface area contributed by atoms with E-state index in [1.807, 2.05) is 0 Å². The molecular weight excluding hydrogens is 289 g/mol. The van der Waals surface area contributed by atoms with E-state index in [1.165, 1.54) is 6.92 Å². The number of halogens is 3. The predicted molar refractivity (Wildman–Crippen MR) is 56.3 cm³/mol. The van der Waals surface area contributed by atoms with Crippen LogP contribution in [0.2, 0.25) is 0 Å². The van der Waals surface area contributed by atoms with Gasteiger partial charge in [0.05, 0.1) is 11.5 Å². The van der Waals surface area contributed by atoms with Crippen molar-refractivity contribution in [3.05, 3.63) is 31.7 Å². The number of nitro groups is 1. The van der Waals surface area contributed by atoms with Gasteiger partial charge in [-0.25, -0.2) is 4.79 Å². The molecule has 0 atom stereocenters. The molecule has 8 nitrogen and oxygen atoms in total. The van der Waals surface area contributed by atoms with Crippen LogP contribution in [0.3, 0.4) is 0 Å². The van der Waals surface area contributed by atoms with E-state index in [9.17, 15) is 38.0 Å². The summed E-state index contributed by atoms with van der Waals surface area (Å²) in [6.07, 6.45) is -5.21. The van der Waals surface area contributed by atoms with Crippen LogP contribution in [0.4, 0.5) is 18.9 Å². The number of carbonyl (C=O) groups is 1. The Morgan fingerprint density at radius 1 is 1.50 bits per heavy atom. The lowest BCUT2D eigenvalue weighted by molar-refractivity contribution is -0.387. The summed E-state index contributed by atoms with van der Waals surface area (Å²) >= 11 is 0. The molecule has 0 radical (unpaired) electrons. The molecule has 0 aromatic carbocycles. The third-order valence-electron chi connectivity index (χ3n) is 2.11. The fourth-order valence-corrected chi connectivity index (χ4v) is 1.36. The van der Waals surface area contributed by atoms with Crippen molar-refractivity contribution in [2.45, 2.75) is 13.1 Å². The molecule has 0 saturated heterocycles. The molecule has 1 rings (SSSR count). The largest absolute Gasteiger partial charge is 0.501 e. The molecule has 1 heterocycles. The zero-order chi connectivity index (χ0) is 15.7. The second-order valence-corrected chi connectivity index (χ2v) is 3.38. The van der Waals surface area contributed by atoms with Gasteiger partial charge in [0.2, 0.25) is 5.75 Å². The SMILES string of the molecule is CCOC(=O)c1c(C(F)(F)F)[nH]c(=O)c([N+](=O)[O-])c1O. The van der Waals surface area contributed by atoms with Crippen LogP contribution < -0.4 is 5.56 Å². The minimum atomic E-state index is -5.21. The minimum absolute atomic E-state index is 0.331. The van der Waals surface area contributed by atoms with E-state index in [0.29, 0.717) is 0 Å². The molecule has 0 aliphatic rings. The van der Waals surface area contributed by atoms with E-state index in [1.54, 1.807) is 0 Å². The number of carbonyl (C=O) groups excluding carboxylic acids is 1. The summed E-state index contributed by atoms with van der Waals surface area (Å²) in [5, 5.41) is 19.9. The average Bonchev–Trinajstić information content (AvgIpc) is 2.26. The number of nitrogens with one attached hydrogen (secondary N) is 1. The van der Waals surface area contributed by atoms with Crippen molar-refractivity contribution in [1.29, 1.82) is 0 Å². The summed E-state index contributed by atoms with van der Waals surface area (Å²) in [4.78, 5) is 32.9. The first kappa shape index (κ1) is 15.5. The van der Waals surface area contributed by atoms with Crippen LogP contribution in [-0.4, -0.2) is 27.6 Å². The fraction of sp³-hybridized carbons (Fsp3) is 0.333. The van der Waals surface area contributed by atoms with Gasteiger partial charge in [-0.3, -0.25) is 14.9 Å². The van der Waals surface area contributed by atoms with Gasteiger partial charge >= 0.3 is 23.4 Å². The lowest BCUT2D eigenvalue weighted by Gasteiger charge is -2.12. The summed E-state index contributed by atoms with van der Waals surface area (Å²) in [7, 11) is 0. The Morgan fingerprint density at radius 2 is 2.05 bits per heavy atom. The normalized spacial score (nSPS) is 11.2. The molecule has 1 aromatic heterocycles. The predicted octanol–water partition coefficient (Wildman–Crippen LogP) is 1.18. The number of hydrogen-bond donors (Lipinski definition) is 2. The van der Waals surface area contributed by atoms with E-state index < -0.39 is 45.3 Å². The van der Waals surface area contributed by atoms with E-state index >= 15 is 0 Å². The fourth-order valence-electron chi connectivity index (χ4n) is 1.36. The Morgan fingerprint density at radius 3 is 2.45 bits per heavy atom. The number of H-pyrrole nitrogens is 1. The number of aromatic nitrogens is 1. The van der Waals surface area contributed by atoms with Crippen molar-refractivity contribution < 1.29 is 32.7 Å². The van der Waals surface area contributed by atoms with Crippen molar-refractivity contribution in [1.82, 2.24) is 4.98 Å². The zero-order valence-electron chi connectivity index (χ0n) is 9.78. The van der Waals surface area contributed by atoms with Crippen LogP contribution in [0, 0.1) is 10.1 Å². The average molecular weight is 296 g/mol. The van der Waals surface area contributed by atoms with Crippen molar-refractivity contribution in [2.24, 2.45) is 0 Å². The standard InChI is InChI=1S/C9H7F3N2O6/c1-2-20-8(17)3-5(15)4(14(18)19)7(16)13-6(3)9(10,11)12/h2H2,1H3,(H2,13,15,16). The van der Waals surface area contributed by atoms with Crippen molar-refractivity contribution in [3.8, 4) is 5.75 Å². The highest BCUT2D eigenvalue weighted by Crippen LogP contribution is 2.36. The summed E-state index contributed by atoms with van der Waals surface area (Å²) in [6.45, 7) is 0.949. The maximum absolute atomic E-state index is 12.7. The number of aromatic amines is 1. The van der Waals surface area contributed by atoms with Crippen molar-refractivity contribution in [3.63, 3.8) is 0 Å². The summed E-state index contributed by atoms with van der Waals surface area (Å²) in [5.41, 5.74) is -6.77. The summed E-state index contributed by atoms with van der Waals surface area (Å²) in [6, 6.07) is 0. The van der Waals surface area contributed by atoms with Gasteiger partial charge in [0.25, 0.3) is 0 Å². The highest BCUT2D eigenvalue weighted by atomic mass is 19.4. The molecule has 0 saturated carbocycles. The van der Waals surface area contributed by atoms with E-state index in [0.717, 1.165) is 4.98 Å². The van der Waals surface area contributed by atoms with Gasteiger partial charge in [0.1, 0.15) is 11.3 Å². The molecular formula is C9H7F3N2O6. The van der Waals surface area contributed by atoms with E-state index in [-0.39, 0.29) is 6.61 Å². The van der Waals surface area contributed by atoms with Gasteiger partial charge in [-0.2, -0.15) is 13.2 Å². The van der Waals surface area contributed by atoms with E-state index in [2.05, 4.69) is 4.74 Å². The third kappa shape index (κ3) is 2.70. The smallest absolute Gasteiger partial charge is 0.432 e. The van der Waals surface area contributed by atoms with E-state index in [4.69, 9.17) is 0 Å². The summed E-state index contributed by atoms with van der Waals surface area (Å²) < 4.78 is 42.3. The topological polar surface area (TPSA) is 123 Å². The van der Waals surface area contributed by atoms with Crippen LogP contribution in [0.25, 0.3) is 0 Å². The van der Waals surface area contributed by atoms with Crippen LogP contribution >= 0.6 is 0 Å². The molecule has 110 valence electrons. The van der Waals surface area contributed by atoms with Crippen LogP contribution in [0.15, 0.2) is 4.79 Å². The molecule has 1 aromatic rings. The van der Waals surface area contributed by atoms with Crippen LogP contribution in [0.5, 0.6) is 5.75 Å². The highest BCUT2D eigenvalue weighted by Gasteiger charge is 2.42. The molecule has 0 spiro atoms. The van der Waals surface area contributed by atoms with Gasteiger partial charge in [-0.15, -0.1) is 0 Å². The Labute approximate surface area is 107 Å². The molecule has 0 amide bonds. The third-order valence-corrected chi connectivity index (χ3v) is 2.11. The number of rotatable bonds is 3. The first-order valence-electron chi connectivity index (χ1n) is 4.99. The lowest BCUT2D eigenvalue weighted by atomic mass is 10.1. The van der Waals surface area contributed by atoms with Gasteiger partial charge < -0.3 is 14.8 Å². The quantitative estimate of drug-likeness (QED) is 0.490. The van der Waals surface area contributed by atoms with Gasteiger partial charge in [-0.05, 0) is 6.92 Å². The Hall–Kier alpha value is -2.59. The number of pyridine rings is 1. The lowest BCUT2D eigenvalue weighted by Crippen LogP contribution is -2.24. The van der Waals surface area contributed by atoms with Crippen LogP contribution in [-0.2, 0) is 10.9 Å². The van der Waals surface area contributed by atoms with Gasteiger partial charge in [-0.1, -0.05) is 0 Å². The summed E-state index contributed by atoms with van der Waals surface area (Å²) in [5.74, 6) is -3.33. The maximum Gasteiger partial charge on any atom is 0.432 e. The molecule has 11 heteroatoms. The Balaban J connectivity index is 3.75. The second-order valence-electron chi connectivity index (χ2n) is 3.38. The number of esters is 1. The zero-order valence-corrected chi connectivity index (χ0v) is 9.78. The maximum atomic E-state index is 12.7. The number of aromatic hydroxyl groups is 1. The number of ether oxygens (including phenoxy) is 1. The number of hydrogen-bond acceptors (Lipinski definition) is 6. The first-order chi connectivity index (χ1) is 9.11. The van der Waals surface area contributed by atoms with Crippen LogP contribution in [0.1, 0.15) is 23.0 Å². The monoisotopic (exact) mass is 296 g/mol. The van der Waals surface area contributed by atoms with Gasteiger partial charge in [0.15, 0.2) is 0 Å². The first-order valence-corrected chi connectivity index (χ1v) is 4.99. The van der Waals surface area contributed by atoms with Gasteiger partial charge in [0, 0.05) is 0 Å². The van der Waals surface area contributed by atoms with Crippen molar-refractivity contribution >= 4 is 11.7 Å². The molecule has 20 heavy (non-hydrogen) atoms. The minimum Gasteiger partial charge on any atom is -0.501 e. The number of nitrogens with zero attached hydrogens (tertiary/aromatic N) is 1. The highest BCUT2D eigenvalue weighted by molar-refractivity contribution is 5.95. The Bertz CT molecular complexity index is 621. The Kier molecular flexibility index (Phi) is 4.01. The molecule has 0 bridgehead atoms. The number of alkyl halides is 3. The molecule has 0 unspecified atom stereocenters.